The van der Waals surface area contributed by atoms with Crippen molar-refractivity contribution in [2.45, 2.75) is 39.3 Å². The van der Waals surface area contributed by atoms with Crippen LogP contribution in [0.25, 0.3) is 22.7 Å². The molecule has 1 unspecified atom stereocenters. The fourth-order valence-electron chi connectivity index (χ4n) is 4.67. The summed E-state index contributed by atoms with van der Waals surface area (Å²) < 4.78 is 3.79. The molecule has 8 nitrogen and oxygen atoms in total. The maximum absolute atomic E-state index is 13.1. The Kier molecular flexibility index (Phi) is 5.90. The van der Waals surface area contributed by atoms with E-state index in [0.29, 0.717) is 23.0 Å². The van der Waals surface area contributed by atoms with E-state index in [2.05, 4.69) is 32.1 Å². The Morgan fingerprint density at radius 1 is 1.20 bits per heavy atom. The fourth-order valence-corrected chi connectivity index (χ4v) is 4.93. The second-order valence-electron chi connectivity index (χ2n) is 8.77. The van der Waals surface area contributed by atoms with Crippen LogP contribution in [0.3, 0.4) is 0 Å². The van der Waals surface area contributed by atoms with Gasteiger partial charge in [0.05, 0.1) is 16.3 Å². The predicted octanol–water partition coefficient (Wildman–Crippen LogP) is 4.33. The van der Waals surface area contributed by atoms with Gasteiger partial charge in [0.15, 0.2) is 0 Å². The van der Waals surface area contributed by atoms with E-state index in [9.17, 15) is 9.59 Å². The van der Waals surface area contributed by atoms with Gasteiger partial charge in [-0.15, -0.1) is 0 Å². The Balaban J connectivity index is 1.39. The second kappa shape index (κ2) is 9.03. The summed E-state index contributed by atoms with van der Waals surface area (Å²) in [7, 11) is 0. The summed E-state index contributed by atoms with van der Waals surface area (Å²) in [4.78, 5) is 28.3. The van der Waals surface area contributed by atoms with Gasteiger partial charge in [0.25, 0.3) is 5.91 Å². The molecule has 0 fully saturated rings. The molecular weight excluding hydrogens is 466 g/mol. The number of carboxylic acid groups (broad SMARTS) is 1. The molecule has 4 aromatic rings. The zero-order valence-electron chi connectivity index (χ0n) is 19.3. The SMILES string of the molecule is Cc1ccc2c(c1)c(/C=C/C(=O)O)c1n2CC(NC(=O)c2ccc(-n3cnc(C)n3)cc2Cl)CC1. The minimum atomic E-state index is -0.978. The van der Waals surface area contributed by atoms with E-state index in [0.717, 1.165) is 46.3 Å². The van der Waals surface area contributed by atoms with Crippen molar-refractivity contribution in [3.63, 3.8) is 0 Å². The number of rotatable bonds is 5. The standard InChI is InChI=1S/C26H24ClN5O3/c1-15-3-8-24-21(11-15)19(7-10-25(33)34)23-9-4-17(13-31(23)24)29-26(35)20-6-5-18(12-22(20)27)32-14-28-16(2)30-32/h3,5-8,10-12,14,17H,4,9,13H2,1-2H3,(H,29,35)(H,33,34)/b10-7+. The van der Waals surface area contributed by atoms with Gasteiger partial charge in [-0.1, -0.05) is 23.2 Å². The zero-order chi connectivity index (χ0) is 24.7. The summed E-state index contributed by atoms with van der Waals surface area (Å²) in [5.74, 6) is -0.564. The lowest BCUT2D eigenvalue weighted by Gasteiger charge is -2.27. The molecule has 0 saturated carbocycles. The number of halogens is 1. The van der Waals surface area contributed by atoms with Crippen molar-refractivity contribution in [1.29, 1.82) is 0 Å². The van der Waals surface area contributed by atoms with E-state index in [1.165, 1.54) is 6.08 Å². The van der Waals surface area contributed by atoms with E-state index in [1.54, 1.807) is 42.2 Å². The highest BCUT2D eigenvalue weighted by atomic mass is 35.5. The Morgan fingerprint density at radius 3 is 2.74 bits per heavy atom. The normalized spacial score (nSPS) is 15.5. The number of carbonyl (C=O) groups excluding carboxylic acids is 1. The smallest absolute Gasteiger partial charge is 0.328 e. The van der Waals surface area contributed by atoms with Crippen molar-refractivity contribution < 1.29 is 14.7 Å². The van der Waals surface area contributed by atoms with E-state index >= 15 is 0 Å². The first-order valence-corrected chi connectivity index (χ1v) is 11.7. The second-order valence-corrected chi connectivity index (χ2v) is 9.18. The van der Waals surface area contributed by atoms with Crippen molar-refractivity contribution in [3.8, 4) is 5.69 Å². The highest BCUT2D eigenvalue weighted by molar-refractivity contribution is 6.34. The molecule has 3 heterocycles. The molecular formula is C26H24ClN5O3. The highest BCUT2D eigenvalue weighted by Gasteiger charge is 2.26. The number of hydrogen-bond acceptors (Lipinski definition) is 4. The molecule has 35 heavy (non-hydrogen) atoms. The zero-order valence-corrected chi connectivity index (χ0v) is 20.1. The number of carboxylic acids is 1. The number of hydrogen-bond donors (Lipinski definition) is 2. The lowest BCUT2D eigenvalue weighted by atomic mass is 10.0. The van der Waals surface area contributed by atoms with Crippen molar-refractivity contribution in [2.75, 3.05) is 0 Å². The molecule has 0 radical (unpaired) electrons. The molecule has 2 aromatic carbocycles. The van der Waals surface area contributed by atoms with Crippen LogP contribution < -0.4 is 5.32 Å². The monoisotopic (exact) mass is 489 g/mol. The lowest BCUT2D eigenvalue weighted by molar-refractivity contribution is -0.131. The summed E-state index contributed by atoms with van der Waals surface area (Å²) in [6.07, 6.45) is 5.91. The molecule has 2 N–H and O–H groups in total. The highest BCUT2D eigenvalue weighted by Crippen LogP contribution is 2.33. The molecule has 178 valence electrons. The van der Waals surface area contributed by atoms with Crippen LogP contribution in [0.2, 0.25) is 5.02 Å². The van der Waals surface area contributed by atoms with E-state index in [1.807, 2.05) is 13.0 Å². The number of aromatic nitrogens is 4. The van der Waals surface area contributed by atoms with Gasteiger partial charge in [0, 0.05) is 40.8 Å². The van der Waals surface area contributed by atoms with Crippen molar-refractivity contribution in [1.82, 2.24) is 24.6 Å². The van der Waals surface area contributed by atoms with Gasteiger partial charge in [-0.25, -0.2) is 14.5 Å². The van der Waals surface area contributed by atoms with Crippen LogP contribution in [0.4, 0.5) is 0 Å². The van der Waals surface area contributed by atoms with Crippen LogP contribution >= 0.6 is 11.6 Å². The van der Waals surface area contributed by atoms with Gasteiger partial charge in [0.1, 0.15) is 12.2 Å². The van der Waals surface area contributed by atoms with Gasteiger partial charge < -0.3 is 15.0 Å². The number of benzene rings is 2. The first-order valence-electron chi connectivity index (χ1n) is 11.3. The summed E-state index contributed by atoms with van der Waals surface area (Å²) in [5.41, 5.74) is 5.27. The average molecular weight is 490 g/mol. The maximum Gasteiger partial charge on any atom is 0.328 e. The van der Waals surface area contributed by atoms with Crippen LogP contribution in [0.15, 0.2) is 48.8 Å². The summed E-state index contributed by atoms with van der Waals surface area (Å²) in [5, 5.41) is 17.9. The summed E-state index contributed by atoms with van der Waals surface area (Å²) in [6.45, 7) is 4.41. The van der Waals surface area contributed by atoms with Gasteiger partial charge in [-0.2, -0.15) is 5.10 Å². The molecule has 9 heteroatoms. The largest absolute Gasteiger partial charge is 0.478 e. The van der Waals surface area contributed by atoms with Gasteiger partial charge in [-0.3, -0.25) is 4.79 Å². The fraction of sp³-hybridized carbons (Fsp3) is 0.231. The van der Waals surface area contributed by atoms with E-state index < -0.39 is 5.97 Å². The molecule has 0 saturated heterocycles. The molecule has 1 amide bonds. The number of nitrogens with zero attached hydrogens (tertiary/aromatic N) is 4. The van der Waals surface area contributed by atoms with Crippen molar-refractivity contribution in [3.05, 3.63) is 82.0 Å². The summed E-state index contributed by atoms with van der Waals surface area (Å²) in [6, 6.07) is 11.3. The maximum atomic E-state index is 13.1. The molecule has 2 aromatic heterocycles. The molecule has 1 aliphatic rings. The minimum absolute atomic E-state index is 0.0862. The number of carbonyl (C=O) groups is 2. The Morgan fingerprint density at radius 2 is 2.03 bits per heavy atom. The number of nitrogens with one attached hydrogen (secondary N) is 1. The third-order valence-electron chi connectivity index (χ3n) is 6.30. The number of amides is 1. The molecule has 1 atom stereocenters. The molecule has 0 aliphatic carbocycles. The van der Waals surface area contributed by atoms with Gasteiger partial charge >= 0.3 is 5.97 Å². The Labute approximate surface area is 206 Å². The number of aryl methyl sites for hydroxylation is 2. The number of fused-ring (bicyclic) bond motifs is 3. The first kappa shape index (κ1) is 22.9. The molecule has 5 rings (SSSR count). The quantitative estimate of drug-likeness (QED) is 0.406. The average Bonchev–Trinajstić information content (AvgIpc) is 3.38. The molecule has 0 bridgehead atoms. The lowest BCUT2D eigenvalue weighted by Crippen LogP contribution is -2.41. The van der Waals surface area contributed by atoms with Crippen LogP contribution in [0, 0.1) is 13.8 Å². The number of aliphatic carboxylic acids is 1. The van der Waals surface area contributed by atoms with Crippen LogP contribution in [-0.4, -0.2) is 42.4 Å². The molecule has 1 aliphatic heterocycles. The Bertz CT molecular complexity index is 1500. The van der Waals surface area contributed by atoms with Crippen molar-refractivity contribution in [2.24, 2.45) is 0 Å². The third-order valence-corrected chi connectivity index (χ3v) is 6.61. The van der Waals surface area contributed by atoms with E-state index in [4.69, 9.17) is 16.7 Å². The predicted molar refractivity (Wildman–Crippen MR) is 134 cm³/mol. The third kappa shape index (κ3) is 4.44. The van der Waals surface area contributed by atoms with Crippen LogP contribution in [0.1, 0.15) is 39.4 Å². The van der Waals surface area contributed by atoms with Gasteiger partial charge in [0.2, 0.25) is 0 Å². The van der Waals surface area contributed by atoms with Crippen LogP contribution in [-0.2, 0) is 17.8 Å². The van der Waals surface area contributed by atoms with Crippen LogP contribution in [0.5, 0.6) is 0 Å². The summed E-state index contributed by atoms with van der Waals surface area (Å²) >= 11 is 6.45. The van der Waals surface area contributed by atoms with Gasteiger partial charge in [-0.05, 0) is 63.1 Å². The topological polar surface area (TPSA) is 102 Å². The van der Waals surface area contributed by atoms with E-state index in [-0.39, 0.29) is 11.9 Å². The first-order chi connectivity index (χ1) is 16.8. The Hall–Kier alpha value is -3.91. The molecule has 0 spiro atoms. The minimum Gasteiger partial charge on any atom is -0.478 e. The van der Waals surface area contributed by atoms with Crippen molar-refractivity contribution >= 4 is 40.5 Å².